The van der Waals surface area contributed by atoms with E-state index < -0.39 is 18.1 Å². The lowest BCUT2D eigenvalue weighted by molar-refractivity contribution is -0.137. The Morgan fingerprint density at radius 2 is 2.15 bits per heavy atom. The molecule has 1 rings (SSSR count). The first-order valence-electron chi connectivity index (χ1n) is 6.02. The maximum absolute atomic E-state index is 11.5. The van der Waals surface area contributed by atoms with E-state index >= 15 is 0 Å². The van der Waals surface area contributed by atoms with Gasteiger partial charge >= 0.3 is 12.1 Å². The van der Waals surface area contributed by atoms with E-state index in [1.807, 2.05) is 24.3 Å². The number of ether oxygens (including phenoxy) is 1. The van der Waals surface area contributed by atoms with E-state index in [1.165, 1.54) is 6.08 Å². The minimum absolute atomic E-state index is 0.0840. The fourth-order valence-electron chi connectivity index (χ4n) is 1.66. The molecule has 6 heteroatoms. The predicted molar refractivity (Wildman–Crippen MR) is 78.6 cm³/mol. The lowest BCUT2D eigenvalue weighted by Gasteiger charge is -2.17. The van der Waals surface area contributed by atoms with Crippen LogP contribution in [-0.4, -0.2) is 29.8 Å². The van der Waals surface area contributed by atoms with Gasteiger partial charge in [0, 0.05) is 10.5 Å². The van der Waals surface area contributed by atoms with Crippen molar-refractivity contribution in [3.8, 4) is 0 Å². The molecule has 0 radical (unpaired) electrons. The highest BCUT2D eigenvalue weighted by Crippen LogP contribution is 2.18. The molecule has 5 nitrogen and oxygen atoms in total. The monoisotopic (exact) mass is 341 g/mol. The topological polar surface area (TPSA) is 75.6 Å². The molecule has 0 fully saturated rings. The molecule has 0 heterocycles. The summed E-state index contributed by atoms with van der Waals surface area (Å²) in [5, 5.41) is 11.4. The maximum Gasteiger partial charge on any atom is 0.407 e. The number of hydrogen-bond acceptors (Lipinski definition) is 3. The Kier molecular flexibility index (Phi) is 6.79. The smallest absolute Gasteiger partial charge is 0.407 e. The molecule has 0 aliphatic heterocycles. The Bertz CT molecular complexity index is 490. The van der Waals surface area contributed by atoms with Crippen LogP contribution >= 0.6 is 15.9 Å². The molecule has 1 amide bonds. The van der Waals surface area contributed by atoms with Crippen molar-refractivity contribution in [1.29, 1.82) is 0 Å². The molecule has 0 spiro atoms. The van der Waals surface area contributed by atoms with Gasteiger partial charge in [-0.2, -0.15) is 0 Å². The van der Waals surface area contributed by atoms with Crippen LogP contribution in [0.4, 0.5) is 4.79 Å². The largest absolute Gasteiger partial charge is 0.481 e. The van der Waals surface area contributed by atoms with Gasteiger partial charge in [0.1, 0.15) is 6.61 Å². The first-order valence-corrected chi connectivity index (χ1v) is 6.81. The van der Waals surface area contributed by atoms with Gasteiger partial charge in [-0.05, 0) is 18.1 Å². The zero-order valence-electron chi connectivity index (χ0n) is 10.8. The first kappa shape index (κ1) is 16.2. The second-order valence-electron chi connectivity index (χ2n) is 4.12. The number of hydrogen-bond donors (Lipinski definition) is 2. The molecule has 0 bridgehead atoms. The molecular weight excluding hydrogens is 326 g/mol. The maximum atomic E-state index is 11.5. The molecule has 0 aromatic heterocycles. The van der Waals surface area contributed by atoms with Crippen LogP contribution in [0.2, 0.25) is 0 Å². The second-order valence-corrected chi connectivity index (χ2v) is 4.98. The molecule has 1 aromatic carbocycles. The molecule has 1 atom stereocenters. The summed E-state index contributed by atoms with van der Waals surface area (Å²) in [6.45, 7) is 3.52. The van der Waals surface area contributed by atoms with Gasteiger partial charge in [0.2, 0.25) is 0 Å². The summed E-state index contributed by atoms with van der Waals surface area (Å²) in [7, 11) is 0. The van der Waals surface area contributed by atoms with Crippen LogP contribution in [0.3, 0.4) is 0 Å². The minimum atomic E-state index is -0.980. The van der Waals surface area contributed by atoms with Crippen LogP contribution in [0.25, 0.3) is 0 Å². The van der Waals surface area contributed by atoms with Crippen molar-refractivity contribution in [2.75, 3.05) is 6.61 Å². The Hall–Kier alpha value is -1.82. The van der Waals surface area contributed by atoms with Gasteiger partial charge < -0.3 is 15.2 Å². The van der Waals surface area contributed by atoms with Crippen LogP contribution < -0.4 is 5.32 Å². The second kappa shape index (κ2) is 8.37. The van der Waals surface area contributed by atoms with Crippen molar-refractivity contribution in [3.05, 3.63) is 47.0 Å². The molecule has 0 unspecified atom stereocenters. The number of carboxylic acid groups (broad SMARTS) is 1. The molecule has 2 N–H and O–H groups in total. The molecular formula is C14H16BrNO4. The molecule has 0 aliphatic carbocycles. The highest BCUT2D eigenvalue weighted by Gasteiger charge is 2.18. The van der Waals surface area contributed by atoms with Crippen molar-refractivity contribution in [1.82, 2.24) is 5.32 Å². The van der Waals surface area contributed by atoms with E-state index in [0.717, 1.165) is 10.0 Å². The van der Waals surface area contributed by atoms with Crippen LogP contribution in [0.15, 0.2) is 41.4 Å². The molecule has 0 saturated carbocycles. The van der Waals surface area contributed by atoms with Crippen molar-refractivity contribution >= 4 is 28.0 Å². The SMILES string of the molecule is C=CCOC(=O)N[C@H](CC(=O)O)Cc1ccccc1Br. The average molecular weight is 342 g/mol. The van der Waals surface area contributed by atoms with Gasteiger partial charge in [-0.3, -0.25) is 4.79 Å². The highest BCUT2D eigenvalue weighted by molar-refractivity contribution is 9.10. The number of carbonyl (C=O) groups excluding carboxylic acids is 1. The molecule has 108 valence electrons. The summed E-state index contributed by atoms with van der Waals surface area (Å²) in [4.78, 5) is 22.3. The Morgan fingerprint density at radius 1 is 1.45 bits per heavy atom. The summed E-state index contributed by atoms with van der Waals surface area (Å²) < 4.78 is 5.67. The third-order valence-electron chi connectivity index (χ3n) is 2.50. The number of aliphatic carboxylic acids is 1. The molecule has 1 aromatic rings. The average Bonchev–Trinajstić information content (AvgIpc) is 2.38. The number of halogens is 1. The van der Waals surface area contributed by atoms with E-state index in [0.29, 0.717) is 6.42 Å². The summed E-state index contributed by atoms with van der Waals surface area (Å²) in [5.41, 5.74) is 0.919. The van der Waals surface area contributed by atoms with Crippen LogP contribution in [-0.2, 0) is 16.0 Å². The summed E-state index contributed by atoms with van der Waals surface area (Å²) in [5.74, 6) is -0.980. The fraction of sp³-hybridized carbons (Fsp3) is 0.286. The van der Waals surface area contributed by atoms with E-state index in [2.05, 4.69) is 27.8 Å². The first-order chi connectivity index (χ1) is 9.52. The summed E-state index contributed by atoms with van der Waals surface area (Å²) in [6, 6.07) is 6.92. The number of amides is 1. The lowest BCUT2D eigenvalue weighted by Crippen LogP contribution is -2.38. The lowest BCUT2D eigenvalue weighted by atomic mass is 10.0. The van der Waals surface area contributed by atoms with Gasteiger partial charge in [0.15, 0.2) is 0 Å². The van der Waals surface area contributed by atoms with Crippen LogP contribution in [0.1, 0.15) is 12.0 Å². The van der Waals surface area contributed by atoms with Crippen LogP contribution in [0.5, 0.6) is 0 Å². The predicted octanol–water partition coefficient (Wildman–Crippen LogP) is 2.75. The van der Waals surface area contributed by atoms with Gasteiger partial charge in [0.25, 0.3) is 0 Å². The van der Waals surface area contributed by atoms with E-state index in [1.54, 1.807) is 0 Å². The Labute approximate surface area is 125 Å². The van der Waals surface area contributed by atoms with Crippen molar-refractivity contribution in [2.45, 2.75) is 18.9 Å². The van der Waals surface area contributed by atoms with Crippen molar-refractivity contribution in [2.24, 2.45) is 0 Å². The number of benzene rings is 1. The molecule has 20 heavy (non-hydrogen) atoms. The fourth-order valence-corrected chi connectivity index (χ4v) is 2.10. The van der Waals surface area contributed by atoms with Gasteiger partial charge in [-0.25, -0.2) is 4.79 Å². The quantitative estimate of drug-likeness (QED) is 0.747. The van der Waals surface area contributed by atoms with E-state index in [4.69, 9.17) is 9.84 Å². The highest BCUT2D eigenvalue weighted by atomic mass is 79.9. The normalized spacial score (nSPS) is 11.4. The van der Waals surface area contributed by atoms with Gasteiger partial charge in [-0.15, -0.1) is 0 Å². The summed E-state index contributed by atoms with van der Waals surface area (Å²) >= 11 is 3.39. The number of carboxylic acids is 1. The Morgan fingerprint density at radius 3 is 2.75 bits per heavy atom. The zero-order valence-corrected chi connectivity index (χ0v) is 12.4. The van der Waals surface area contributed by atoms with Crippen molar-refractivity contribution < 1.29 is 19.4 Å². The standard InChI is InChI=1S/C14H16BrNO4/c1-2-7-20-14(19)16-11(9-13(17)18)8-10-5-3-4-6-12(10)15/h2-6,11H,1,7-9H2,(H,16,19)(H,17,18)/t11-/m0/s1. The summed E-state index contributed by atoms with van der Waals surface area (Å²) in [6.07, 6.45) is 1.02. The molecule has 0 saturated heterocycles. The van der Waals surface area contributed by atoms with E-state index in [-0.39, 0.29) is 13.0 Å². The third-order valence-corrected chi connectivity index (χ3v) is 3.27. The van der Waals surface area contributed by atoms with Gasteiger partial charge in [0.05, 0.1) is 6.42 Å². The number of rotatable bonds is 7. The molecule has 0 aliphatic rings. The van der Waals surface area contributed by atoms with Crippen molar-refractivity contribution in [3.63, 3.8) is 0 Å². The van der Waals surface area contributed by atoms with Crippen LogP contribution in [0, 0.1) is 0 Å². The minimum Gasteiger partial charge on any atom is -0.481 e. The number of carbonyl (C=O) groups is 2. The van der Waals surface area contributed by atoms with Gasteiger partial charge in [-0.1, -0.05) is 46.8 Å². The Balaban J connectivity index is 2.69. The third kappa shape index (κ3) is 5.88. The number of nitrogens with one attached hydrogen (secondary N) is 1. The zero-order chi connectivity index (χ0) is 15.0. The number of alkyl carbamates (subject to hydrolysis) is 1. The van der Waals surface area contributed by atoms with E-state index in [9.17, 15) is 9.59 Å².